The van der Waals surface area contributed by atoms with Gasteiger partial charge in [-0.2, -0.15) is 0 Å². The van der Waals surface area contributed by atoms with E-state index in [1.807, 2.05) is 12.1 Å². The lowest BCUT2D eigenvalue weighted by Gasteiger charge is -2.19. The van der Waals surface area contributed by atoms with Gasteiger partial charge in [-0.3, -0.25) is 4.72 Å². The van der Waals surface area contributed by atoms with Crippen molar-refractivity contribution >= 4 is 21.4 Å². The van der Waals surface area contributed by atoms with Crippen LogP contribution in [0.2, 0.25) is 0 Å². The summed E-state index contributed by atoms with van der Waals surface area (Å²) >= 11 is 0. The summed E-state index contributed by atoms with van der Waals surface area (Å²) in [4.78, 5) is 2.33. The molecule has 1 saturated heterocycles. The van der Waals surface area contributed by atoms with Crippen LogP contribution in [0.25, 0.3) is 0 Å². The number of hydrogen-bond acceptors (Lipinski definition) is 6. The standard InChI is InChI=1S/C19H24N2O5S/c1-24-16-10-11-21(13-16)15-6-4-14(5-7-15)20-27(22,23)17-8-9-18(25-2)19(12-17)26-3/h4-9,12,16,20H,10-11,13H2,1-3H3. The Kier molecular flexibility index (Phi) is 5.76. The molecule has 0 bridgehead atoms. The Morgan fingerprint density at radius 2 is 1.70 bits per heavy atom. The van der Waals surface area contributed by atoms with Crippen LogP contribution in [0.5, 0.6) is 11.5 Å². The van der Waals surface area contributed by atoms with Crippen molar-refractivity contribution in [3.63, 3.8) is 0 Å². The third-order valence-corrected chi connectivity index (χ3v) is 6.01. The third kappa shape index (κ3) is 4.28. The lowest BCUT2D eigenvalue weighted by molar-refractivity contribution is 0.121. The van der Waals surface area contributed by atoms with Crippen molar-refractivity contribution in [1.29, 1.82) is 0 Å². The van der Waals surface area contributed by atoms with Crippen molar-refractivity contribution in [2.45, 2.75) is 17.4 Å². The maximum absolute atomic E-state index is 12.7. The molecule has 1 unspecified atom stereocenters. The molecule has 1 heterocycles. The minimum atomic E-state index is -3.73. The summed E-state index contributed by atoms with van der Waals surface area (Å²) in [6.07, 6.45) is 1.23. The number of nitrogens with one attached hydrogen (secondary N) is 1. The Bertz CT molecular complexity index is 883. The number of anilines is 2. The first-order valence-electron chi connectivity index (χ1n) is 8.59. The van der Waals surface area contributed by atoms with Gasteiger partial charge < -0.3 is 19.1 Å². The first-order chi connectivity index (χ1) is 13.0. The highest BCUT2D eigenvalue weighted by Crippen LogP contribution is 2.30. The predicted octanol–water partition coefficient (Wildman–Crippen LogP) is 2.73. The second-order valence-electron chi connectivity index (χ2n) is 6.26. The zero-order valence-electron chi connectivity index (χ0n) is 15.6. The van der Waals surface area contributed by atoms with E-state index >= 15 is 0 Å². The normalized spacial score (nSPS) is 17.0. The van der Waals surface area contributed by atoms with E-state index in [0.29, 0.717) is 17.2 Å². The number of benzene rings is 2. The van der Waals surface area contributed by atoms with Crippen LogP contribution in [0.4, 0.5) is 11.4 Å². The molecule has 3 rings (SSSR count). The summed E-state index contributed by atoms with van der Waals surface area (Å²) < 4.78 is 43.6. The van der Waals surface area contributed by atoms with Crippen LogP contribution in [0.3, 0.4) is 0 Å². The van der Waals surface area contributed by atoms with E-state index in [9.17, 15) is 8.42 Å². The molecule has 1 fully saturated rings. The average Bonchev–Trinajstić information content (AvgIpc) is 3.17. The van der Waals surface area contributed by atoms with Gasteiger partial charge in [-0.1, -0.05) is 0 Å². The monoisotopic (exact) mass is 392 g/mol. The van der Waals surface area contributed by atoms with Gasteiger partial charge in [0.1, 0.15) is 0 Å². The number of rotatable bonds is 7. The largest absolute Gasteiger partial charge is 0.493 e. The molecule has 27 heavy (non-hydrogen) atoms. The lowest BCUT2D eigenvalue weighted by atomic mass is 10.2. The van der Waals surface area contributed by atoms with Gasteiger partial charge >= 0.3 is 0 Å². The lowest BCUT2D eigenvalue weighted by Crippen LogP contribution is -2.22. The fraction of sp³-hybridized carbons (Fsp3) is 0.368. The molecule has 0 amide bonds. The molecule has 0 spiro atoms. The quantitative estimate of drug-likeness (QED) is 0.781. The molecular weight excluding hydrogens is 368 g/mol. The Balaban J connectivity index is 1.74. The van der Waals surface area contributed by atoms with Gasteiger partial charge in [-0.15, -0.1) is 0 Å². The van der Waals surface area contributed by atoms with E-state index in [2.05, 4.69) is 9.62 Å². The zero-order chi connectivity index (χ0) is 19.4. The van der Waals surface area contributed by atoms with E-state index in [1.54, 1.807) is 25.3 Å². The van der Waals surface area contributed by atoms with Crippen LogP contribution >= 0.6 is 0 Å². The second-order valence-corrected chi connectivity index (χ2v) is 7.94. The van der Waals surface area contributed by atoms with Gasteiger partial charge in [0, 0.05) is 37.6 Å². The fourth-order valence-corrected chi connectivity index (χ4v) is 4.17. The Hall–Kier alpha value is -2.45. The smallest absolute Gasteiger partial charge is 0.262 e. The molecule has 2 aromatic carbocycles. The first kappa shape index (κ1) is 19.3. The molecular formula is C19H24N2O5S. The van der Waals surface area contributed by atoms with Gasteiger partial charge in [-0.05, 0) is 42.8 Å². The number of nitrogens with zero attached hydrogens (tertiary/aromatic N) is 1. The highest BCUT2D eigenvalue weighted by molar-refractivity contribution is 7.92. The van der Waals surface area contributed by atoms with Gasteiger partial charge in [0.05, 0.1) is 25.2 Å². The molecule has 0 aliphatic carbocycles. The molecule has 2 aromatic rings. The molecule has 7 nitrogen and oxygen atoms in total. The van der Waals surface area contributed by atoms with Crippen LogP contribution in [0.1, 0.15) is 6.42 Å². The predicted molar refractivity (Wildman–Crippen MR) is 104 cm³/mol. The van der Waals surface area contributed by atoms with Crippen LogP contribution in [-0.2, 0) is 14.8 Å². The van der Waals surface area contributed by atoms with Gasteiger partial charge in [0.25, 0.3) is 10.0 Å². The summed E-state index contributed by atoms with van der Waals surface area (Å²) in [5.41, 5.74) is 1.54. The summed E-state index contributed by atoms with van der Waals surface area (Å²) in [5, 5.41) is 0. The molecule has 1 aliphatic rings. The molecule has 0 aromatic heterocycles. The highest BCUT2D eigenvalue weighted by Gasteiger charge is 2.22. The maximum Gasteiger partial charge on any atom is 0.262 e. The Morgan fingerprint density at radius 3 is 2.30 bits per heavy atom. The Morgan fingerprint density at radius 1 is 1.00 bits per heavy atom. The zero-order valence-corrected chi connectivity index (χ0v) is 16.5. The van der Waals surface area contributed by atoms with Crippen LogP contribution in [0, 0.1) is 0 Å². The number of methoxy groups -OCH3 is 3. The van der Waals surface area contributed by atoms with Crippen LogP contribution < -0.4 is 19.1 Å². The number of hydrogen-bond donors (Lipinski definition) is 1. The van der Waals surface area contributed by atoms with E-state index in [1.165, 1.54) is 26.4 Å². The van der Waals surface area contributed by atoms with E-state index in [-0.39, 0.29) is 11.0 Å². The molecule has 146 valence electrons. The Labute approximate surface area is 159 Å². The summed E-state index contributed by atoms with van der Waals surface area (Å²) in [6.45, 7) is 1.77. The molecule has 1 N–H and O–H groups in total. The minimum Gasteiger partial charge on any atom is -0.493 e. The first-order valence-corrected chi connectivity index (χ1v) is 10.1. The van der Waals surface area contributed by atoms with Crippen molar-refractivity contribution < 1.29 is 22.6 Å². The van der Waals surface area contributed by atoms with Crippen molar-refractivity contribution in [1.82, 2.24) is 0 Å². The van der Waals surface area contributed by atoms with Crippen molar-refractivity contribution in [3.8, 4) is 11.5 Å². The molecule has 0 saturated carbocycles. The van der Waals surface area contributed by atoms with Gasteiger partial charge in [-0.25, -0.2) is 8.42 Å². The third-order valence-electron chi connectivity index (χ3n) is 4.63. The summed E-state index contributed by atoms with van der Waals surface area (Å²) in [6, 6.07) is 11.8. The van der Waals surface area contributed by atoms with Crippen molar-refractivity contribution in [2.75, 3.05) is 44.0 Å². The van der Waals surface area contributed by atoms with E-state index < -0.39 is 10.0 Å². The number of ether oxygens (including phenoxy) is 3. The number of sulfonamides is 1. The highest BCUT2D eigenvalue weighted by atomic mass is 32.2. The maximum atomic E-state index is 12.7. The van der Waals surface area contributed by atoms with Crippen LogP contribution in [-0.4, -0.2) is 48.9 Å². The van der Waals surface area contributed by atoms with Crippen LogP contribution in [0.15, 0.2) is 47.4 Å². The SMILES string of the molecule is COc1ccc(S(=O)(=O)Nc2ccc(N3CCC(OC)C3)cc2)cc1OC. The fourth-order valence-electron chi connectivity index (χ4n) is 3.09. The molecule has 1 atom stereocenters. The van der Waals surface area contributed by atoms with Gasteiger partial charge in [0.2, 0.25) is 0 Å². The minimum absolute atomic E-state index is 0.103. The van der Waals surface area contributed by atoms with E-state index in [4.69, 9.17) is 14.2 Å². The topological polar surface area (TPSA) is 77.1 Å². The second kappa shape index (κ2) is 8.06. The summed E-state index contributed by atoms with van der Waals surface area (Å²) in [7, 11) is 0.954. The van der Waals surface area contributed by atoms with Crippen molar-refractivity contribution in [3.05, 3.63) is 42.5 Å². The van der Waals surface area contributed by atoms with E-state index in [0.717, 1.165) is 25.2 Å². The van der Waals surface area contributed by atoms with Crippen molar-refractivity contribution in [2.24, 2.45) is 0 Å². The van der Waals surface area contributed by atoms with Gasteiger partial charge in [0.15, 0.2) is 11.5 Å². The molecule has 8 heteroatoms. The molecule has 1 aliphatic heterocycles. The molecule has 0 radical (unpaired) electrons. The summed E-state index contributed by atoms with van der Waals surface area (Å²) in [5.74, 6) is 0.832. The average molecular weight is 392 g/mol.